The Morgan fingerprint density at radius 1 is 1.25 bits per heavy atom. The predicted molar refractivity (Wildman–Crippen MR) is 97.8 cm³/mol. The Morgan fingerprint density at radius 2 is 1.86 bits per heavy atom. The molecular weight excluding hydrogens is 391 g/mol. The van der Waals surface area contributed by atoms with Crippen LogP contribution in [0, 0.1) is 17.7 Å². The summed E-state index contributed by atoms with van der Waals surface area (Å²) in [6, 6.07) is 2.34. The van der Waals surface area contributed by atoms with E-state index in [1.165, 1.54) is 13.0 Å². The van der Waals surface area contributed by atoms with Gasteiger partial charge in [0, 0.05) is 0 Å². The highest BCUT2D eigenvalue weighted by Crippen LogP contribution is 2.38. The summed E-state index contributed by atoms with van der Waals surface area (Å²) in [6.07, 6.45) is 3.07. The minimum atomic E-state index is -1.10. The van der Waals surface area contributed by atoms with Crippen molar-refractivity contribution >= 4 is 41.0 Å². The van der Waals surface area contributed by atoms with Crippen molar-refractivity contribution in [2.75, 3.05) is 11.9 Å². The van der Waals surface area contributed by atoms with E-state index in [4.69, 9.17) is 16.3 Å². The topological polar surface area (TPSA) is 92.8 Å². The highest BCUT2D eigenvalue weighted by atomic mass is 35.5. The first-order valence-corrected chi connectivity index (χ1v) is 9.46. The maximum absolute atomic E-state index is 13.0. The Morgan fingerprint density at radius 3 is 2.43 bits per heavy atom. The largest absolute Gasteiger partial charge is 0.454 e. The van der Waals surface area contributed by atoms with Gasteiger partial charge in [0.05, 0.1) is 22.5 Å². The Kier molecular flexibility index (Phi) is 5.98. The SMILES string of the molecule is C[C@@H](C(=O)OCC(=O)Nc1ccc(F)cc1Cl)N1C(=O)[C@@H]2CCCC[C@H]2C1=O. The number of amides is 3. The molecule has 3 atom stereocenters. The van der Waals surface area contributed by atoms with Crippen LogP contribution in [0.3, 0.4) is 0 Å². The smallest absolute Gasteiger partial charge is 0.329 e. The molecule has 3 rings (SSSR count). The average Bonchev–Trinajstić information content (AvgIpc) is 2.92. The molecule has 1 heterocycles. The summed E-state index contributed by atoms with van der Waals surface area (Å²) in [7, 11) is 0. The Labute approximate surface area is 166 Å². The van der Waals surface area contributed by atoms with Crippen LogP contribution in [0.4, 0.5) is 10.1 Å². The fourth-order valence-electron chi connectivity index (χ4n) is 3.71. The number of rotatable bonds is 5. The van der Waals surface area contributed by atoms with Crippen LogP contribution in [0.5, 0.6) is 0 Å². The van der Waals surface area contributed by atoms with Gasteiger partial charge in [-0.25, -0.2) is 9.18 Å². The van der Waals surface area contributed by atoms with Crippen LogP contribution in [0.25, 0.3) is 0 Å². The maximum atomic E-state index is 13.0. The standard InChI is InChI=1S/C19H20ClFN2O5/c1-10(23-17(25)12-4-2-3-5-13(12)18(23)26)19(27)28-9-16(24)22-15-7-6-11(21)8-14(15)20/h6-8,10,12-13H,2-5,9H2,1H3,(H,22,24)/t10-,12+,13+/m0/s1. The van der Waals surface area contributed by atoms with Crippen molar-refractivity contribution in [1.82, 2.24) is 4.90 Å². The molecule has 3 amide bonds. The van der Waals surface area contributed by atoms with Crippen LogP contribution in [-0.4, -0.2) is 41.2 Å². The third-order valence-electron chi connectivity index (χ3n) is 5.15. The molecule has 1 saturated heterocycles. The summed E-state index contributed by atoms with van der Waals surface area (Å²) in [5.41, 5.74) is 0.172. The molecule has 28 heavy (non-hydrogen) atoms. The van der Waals surface area contributed by atoms with Gasteiger partial charge in [-0.05, 0) is 38.0 Å². The molecule has 2 fully saturated rings. The molecule has 1 saturated carbocycles. The molecule has 0 bridgehead atoms. The fourth-order valence-corrected chi connectivity index (χ4v) is 3.92. The molecule has 2 aliphatic rings. The monoisotopic (exact) mass is 410 g/mol. The molecule has 0 unspecified atom stereocenters. The van der Waals surface area contributed by atoms with Gasteiger partial charge in [-0.3, -0.25) is 19.3 Å². The molecule has 1 aromatic rings. The van der Waals surface area contributed by atoms with Crippen LogP contribution < -0.4 is 5.32 Å². The highest BCUT2D eigenvalue weighted by Gasteiger charge is 2.51. The molecular formula is C19H20ClFN2O5. The summed E-state index contributed by atoms with van der Waals surface area (Å²) < 4.78 is 18.0. The zero-order chi connectivity index (χ0) is 20.4. The van der Waals surface area contributed by atoms with Crippen LogP contribution in [-0.2, 0) is 23.9 Å². The summed E-state index contributed by atoms with van der Waals surface area (Å²) in [5.74, 6) is -3.49. The number of benzene rings is 1. The first kappa shape index (κ1) is 20.3. The molecule has 1 aromatic carbocycles. The minimum absolute atomic E-state index is 0.00362. The normalized spacial score (nSPS) is 22.6. The molecule has 150 valence electrons. The van der Waals surface area contributed by atoms with Crippen molar-refractivity contribution in [3.8, 4) is 0 Å². The fraction of sp³-hybridized carbons (Fsp3) is 0.474. The number of hydrogen-bond acceptors (Lipinski definition) is 5. The predicted octanol–water partition coefficient (Wildman–Crippen LogP) is 2.52. The lowest BCUT2D eigenvalue weighted by Crippen LogP contribution is -2.45. The molecule has 1 N–H and O–H groups in total. The highest BCUT2D eigenvalue weighted by molar-refractivity contribution is 6.33. The molecule has 0 spiro atoms. The second kappa shape index (κ2) is 8.26. The number of anilines is 1. The van der Waals surface area contributed by atoms with Gasteiger partial charge in [0.1, 0.15) is 11.9 Å². The second-order valence-corrected chi connectivity index (χ2v) is 7.41. The van der Waals surface area contributed by atoms with Gasteiger partial charge in [-0.1, -0.05) is 24.4 Å². The van der Waals surface area contributed by atoms with E-state index in [1.807, 2.05) is 0 Å². The van der Waals surface area contributed by atoms with Crippen molar-refractivity contribution in [3.05, 3.63) is 29.0 Å². The van der Waals surface area contributed by atoms with E-state index in [-0.39, 0.29) is 34.4 Å². The van der Waals surface area contributed by atoms with Gasteiger partial charge in [-0.2, -0.15) is 0 Å². The van der Waals surface area contributed by atoms with E-state index >= 15 is 0 Å². The van der Waals surface area contributed by atoms with Gasteiger partial charge in [-0.15, -0.1) is 0 Å². The van der Waals surface area contributed by atoms with Gasteiger partial charge in [0.15, 0.2) is 6.61 Å². The zero-order valence-corrected chi connectivity index (χ0v) is 16.0. The number of likely N-dealkylation sites (tertiary alicyclic amines) is 1. The Hall–Kier alpha value is -2.48. The van der Waals surface area contributed by atoms with E-state index in [9.17, 15) is 23.6 Å². The molecule has 1 aliphatic carbocycles. The molecule has 7 nitrogen and oxygen atoms in total. The van der Waals surface area contributed by atoms with E-state index in [2.05, 4.69) is 5.32 Å². The number of carbonyl (C=O) groups is 4. The first-order chi connectivity index (χ1) is 13.3. The Bertz CT molecular complexity index is 807. The van der Waals surface area contributed by atoms with Crippen molar-refractivity contribution in [2.45, 2.75) is 38.6 Å². The lowest BCUT2D eigenvalue weighted by atomic mass is 9.81. The van der Waals surface area contributed by atoms with Crippen molar-refractivity contribution in [2.24, 2.45) is 11.8 Å². The van der Waals surface area contributed by atoms with Gasteiger partial charge in [0.2, 0.25) is 11.8 Å². The minimum Gasteiger partial charge on any atom is -0.454 e. The number of nitrogens with one attached hydrogen (secondary N) is 1. The van der Waals surface area contributed by atoms with Gasteiger partial charge >= 0.3 is 5.97 Å². The average molecular weight is 411 g/mol. The van der Waals surface area contributed by atoms with Crippen LogP contribution in [0.1, 0.15) is 32.6 Å². The van der Waals surface area contributed by atoms with Gasteiger partial charge in [0.25, 0.3) is 5.91 Å². The number of halogens is 2. The third kappa shape index (κ3) is 4.01. The van der Waals surface area contributed by atoms with E-state index in [1.54, 1.807) is 0 Å². The quantitative estimate of drug-likeness (QED) is 0.594. The number of esters is 1. The van der Waals surface area contributed by atoms with E-state index in [0.717, 1.165) is 29.9 Å². The van der Waals surface area contributed by atoms with E-state index < -0.39 is 30.3 Å². The Balaban J connectivity index is 1.56. The lowest BCUT2D eigenvalue weighted by Gasteiger charge is -2.21. The van der Waals surface area contributed by atoms with Crippen LogP contribution in [0.15, 0.2) is 18.2 Å². The third-order valence-corrected chi connectivity index (χ3v) is 5.47. The van der Waals surface area contributed by atoms with Crippen molar-refractivity contribution in [3.63, 3.8) is 0 Å². The number of carbonyl (C=O) groups excluding carboxylic acids is 4. The first-order valence-electron chi connectivity index (χ1n) is 9.08. The summed E-state index contributed by atoms with van der Waals surface area (Å²) in [6.45, 7) is 0.782. The van der Waals surface area contributed by atoms with Crippen LogP contribution >= 0.6 is 11.6 Å². The summed E-state index contributed by atoms with van der Waals surface area (Å²) >= 11 is 5.82. The maximum Gasteiger partial charge on any atom is 0.329 e. The lowest BCUT2D eigenvalue weighted by molar-refractivity contribution is -0.159. The molecule has 0 aromatic heterocycles. The van der Waals surface area contributed by atoms with E-state index in [0.29, 0.717) is 12.8 Å². The number of imide groups is 1. The molecule has 9 heteroatoms. The number of fused-ring (bicyclic) bond motifs is 1. The second-order valence-electron chi connectivity index (χ2n) is 7.00. The van der Waals surface area contributed by atoms with Gasteiger partial charge < -0.3 is 10.1 Å². The summed E-state index contributed by atoms with van der Waals surface area (Å²) in [5, 5.41) is 2.40. The summed E-state index contributed by atoms with van der Waals surface area (Å²) in [4.78, 5) is 50.2. The van der Waals surface area contributed by atoms with Crippen LogP contribution in [0.2, 0.25) is 5.02 Å². The number of ether oxygens (including phenoxy) is 1. The number of hydrogen-bond donors (Lipinski definition) is 1. The molecule has 1 aliphatic heterocycles. The van der Waals surface area contributed by atoms with Crippen molar-refractivity contribution in [1.29, 1.82) is 0 Å². The zero-order valence-electron chi connectivity index (χ0n) is 15.2. The number of nitrogens with zero attached hydrogens (tertiary/aromatic N) is 1. The molecule has 0 radical (unpaired) electrons. The van der Waals surface area contributed by atoms with Crippen molar-refractivity contribution < 1.29 is 28.3 Å².